The molecule has 0 aliphatic rings. The first-order valence-electron chi connectivity index (χ1n) is 7.95. The third-order valence-corrected chi connectivity index (χ3v) is 5.51. The second-order valence-corrected chi connectivity index (χ2v) is 7.12. The number of hydrogen-bond donors (Lipinski definition) is 0. The molecule has 3 aromatic rings. The minimum absolute atomic E-state index is 0.134. The molecule has 1 aromatic heterocycles. The molecule has 3 rings (SSSR count). The van der Waals surface area contributed by atoms with Gasteiger partial charge in [-0.05, 0) is 30.0 Å². The van der Waals surface area contributed by atoms with Gasteiger partial charge in [-0.25, -0.2) is 4.39 Å². The third kappa shape index (κ3) is 2.74. The zero-order valence-electron chi connectivity index (χ0n) is 13.9. The van der Waals surface area contributed by atoms with Gasteiger partial charge in [-0.15, -0.1) is 11.3 Å². The Balaban J connectivity index is 2.35. The molecule has 3 heteroatoms. The van der Waals surface area contributed by atoms with Crippen molar-refractivity contribution >= 4 is 21.4 Å². The van der Waals surface area contributed by atoms with E-state index in [-0.39, 0.29) is 11.7 Å². The molecule has 0 fully saturated rings. The Bertz CT molecular complexity index is 848. The molecule has 0 atom stereocenters. The van der Waals surface area contributed by atoms with E-state index >= 15 is 0 Å². The molecule has 0 bridgehead atoms. The van der Waals surface area contributed by atoms with Gasteiger partial charge in [0, 0.05) is 32.2 Å². The lowest BCUT2D eigenvalue weighted by Gasteiger charge is -2.15. The van der Waals surface area contributed by atoms with Crippen molar-refractivity contribution in [3.8, 4) is 16.9 Å². The van der Waals surface area contributed by atoms with Crippen LogP contribution in [0.15, 0.2) is 36.4 Å². The van der Waals surface area contributed by atoms with Crippen molar-refractivity contribution in [3.05, 3.63) is 52.7 Å². The Morgan fingerprint density at radius 2 is 1.91 bits per heavy atom. The van der Waals surface area contributed by atoms with Crippen molar-refractivity contribution in [3.63, 3.8) is 0 Å². The highest BCUT2D eigenvalue weighted by Gasteiger charge is 2.19. The van der Waals surface area contributed by atoms with Crippen LogP contribution >= 0.6 is 11.3 Å². The van der Waals surface area contributed by atoms with E-state index in [2.05, 4.69) is 31.2 Å². The summed E-state index contributed by atoms with van der Waals surface area (Å²) >= 11 is 1.81. The van der Waals surface area contributed by atoms with Crippen molar-refractivity contribution in [1.82, 2.24) is 0 Å². The number of methoxy groups -OCH3 is 1. The molecular weight excluding hydrogens is 307 g/mol. The van der Waals surface area contributed by atoms with Gasteiger partial charge < -0.3 is 4.74 Å². The van der Waals surface area contributed by atoms with Gasteiger partial charge in [0.1, 0.15) is 11.6 Å². The predicted octanol–water partition coefficient (Wildman–Crippen LogP) is 6.40. The summed E-state index contributed by atoms with van der Waals surface area (Å²) in [6, 6.07) is 11.9. The molecule has 0 saturated carbocycles. The van der Waals surface area contributed by atoms with Crippen LogP contribution in [0.1, 0.15) is 37.1 Å². The van der Waals surface area contributed by atoms with E-state index < -0.39 is 0 Å². The third-order valence-electron chi connectivity index (χ3n) is 4.20. The number of benzene rings is 2. The molecule has 120 valence electrons. The summed E-state index contributed by atoms with van der Waals surface area (Å²) in [7, 11) is 1.60. The van der Waals surface area contributed by atoms with Crippen molar-refractivity contribution in [2.24, 2.45) is 0 Å². The van der Waals surface area contributed by atoms with Crippen LogP contribution in [0.5, 0.6) is 5.75 Å². The van der Waals surface area contributed by atoms with Gasteiger partial charge in [-0.2, -0.15) is 0 Å². The average Bonchev–Trinajstić information content (AvgIpc) is 2.92. The summed E-state index contributed by atoms with van der Waals surface area (Å²) in [5.74, 6) is 0.540. The largest absolute Gasteiger partial charge is 0.496 e. The summed E-state index contributed by atoms with van der Waals surface area (Å²) < 4.78 is 21.1. The lowest BCUT2D eigenvalue weighted by Crippen LogP contribution is -1.98. The first-order valence-corrected chi connectivity index (χ1v) is 8.76. The lowest BCUT2D eigenvalue weighted by molar-refractivity contribution is 0.412. The quantitative estimate of drug-likeness (QED) is 0.538. The van der Waals surface area contributed by atoms with Gasteiger partial charge >= 0.3 is 0 Å². The van der Waals surface area contributed by atoms with E-state index in [1.165, 1.54) is 26.6 Å². The van der Waals surface area contributed by atoms with E-state index in [0.717, 1.165) is 17.5 Å². The van der Waals surface area contributed by atoms with Crippen LogP contribution in [0.3, 0.4) is 0 Å². The second-order valence-electron chi connectivity index (χ2n) is 5.98. The van der Waals surface area contributed by atoms with Crippen molar-refractivity contribution < 1.29 is 9.13 Å². The fraction of sp³-hybridized carbons (Fsp3) is 0.300. The molecular formula is C20H21FOS. The zero-order valence-corrected chi connectivity index (χ0v) is 14.8. The topological polar surface area (TPSA) is 9.23 Å². The maximum absolute atomic E-state index is 14.3. The standard InChI is InChI=1S/C20H21FOS/c1-5-18-20(13-8-6-7-9-19(13)23-18)15-10-14(12(2)3)16(21)11-17(15)22-4/h6-12H,5H2,1-4H3. The molecule has 0 aliphatic heterocycles. The molecule has 0 aliphatic carbocycles. The lowest BCUT2D eigenvalue weighted by atomic mass is 9.94. The van der Waals surface area contributed by atoms with Crippen LogP contribution in [0, 0.1) is 5.82 Å². The fourth-order valence-corrected chi connectivity index (χ4v) is 4.18. The Hall–Kier alpha value is -1.87. The number of hydrogen-bond acceptors (Lipinski definition) is 2. The highest BCUT2D eigenvalue weighted by Crippen LogP contribution is 2.44. The number of aryl methyl sites for hydroxylation is 1. The van der Waals surface area contributed by atoms with E-state index in [9.17, 15) is 4.39 Å². The number of halogens is 1. The summed E-state index contributed by atoms with van der Waals surface area (Å²) in [5.41, 5.74) is 2.91. The normalized spacial score (nSPS) is 11.4. The first kappa shape index (κ1) is 16.0. The van der Waals surface area contributed by atoms with Crippen molar-refractivity contribution in [1.29, 1.82) is 0 Å². The molecule has 1 heterocycles. The van der Waals surface area contributed by atoms with Crippen LogP contribution in [-0.4, -0.2) is 7.11 Å². The van der Waals surface area contributed by atoms with E-state index in [4.69, 9.17) is 4.74 Å². The van der Waals surface area contributed by atoms with Crippen LogP contribution < -0.4 is 4.74 Å². The minimum atomic E-state index is -0.196. The van der Waals surface area contributed by atoms with Gasteiger partial charge in [0.2, 0.25) is 0 Å². The monoisotopic (exact) mass is 328 g/mol. The Morgan fingerprint density at radius 3 is 2.57 bits per heavy atom. The highest BCUT2D eigenvalue weighted by molar-refractivity contribution is 7.19. The Labute approximate surface area is 140 Å². The van der Waals surface area contributed by atoms with E-state index in [0.29, 0.717) is 5.75 Å². The molecule has 1 nitrogen and oxygen atoms in total. The number of rotatable bonds is 4. The van der Waals surface area contributed by atoms with Crippen LogP contribution in [-0.2, 0) is 6.42 Å². The van der Waals surface area contributed by atoms with Gasteiger partial charge in [0.05, 0.1) is 7.11 Å². The molecule has 0 saturated heterocycles. The molecule has 0 N–H and O–H groups in total. The molecule has 0 unspecified atom stereocenters. The summed E-state index contributed by atoms with van der Waals surface area (Å²) in [6.45, 7) is 6.19. The molecule has 0 radical (unpaired) electrons. The molecule has 2 aromatic carbocycles. The van der Waals surface area contributed by atoms with Crippen LogP contribution in [0.25, 0.3) is 21.2 Å². The highest BCUT2D eigenvalue weighted by atomic mass is 32.1. The minimum Gasteiger partial charge on any atom is -0.496 e. The van der Waals surface area contributed by atoms with Gasteiger partial charge in [0.15, 0.2) is 0 Å². The SMILES string of the molecule is CCc1sc2ccccc2c1-c1cc(C(C)C)c(F)cc1OC. The van der Waals surface area contributed by atoms with Gasteiger partial charge in [-0.3, -0.25) is 0 Å². The zero-order chi connectivity index (χ0) is 16.6. The first-order chi connectivity index (χ1) is 11.1. The molecule has 0 spiro atoms. The maximum Gasteiger partial charge on any atom is 0.130 e. The summed E-state index contributed by atoms with van der Waals surface area (Å²) in [6.07, 6.45) is 0.951. The summed E-state index contributed by atoms with van der Waals surface area (Å²) in [5, 5.41) is 1.22. The Kier molecular flexibility index (Phi) is 4.40. The van der Waals surface area contributed by atoms with Crippen molar-refractivity contribution in [2.45, 2.75) is 33.1 Å². The number of fused-ring (bicyclic) bond motifs is 1. The average molecular weight is 328 g/mol. The van der Waals surface area contributed by atoms with Crippen molar-refractivity contribution in [2.75, 3.05) is 7.11 Å². The Morgan fingerprint density at radius 1 is 1.17 bits per heavy atom. The summed E-state index contributed by atoms with van der Waals surface area (Å²) in [4.78, 5) is 1.31. The fourth-order valence-electron chi connectivity index (χ4n) is 3.02. The number of thiophene rings is 1. The van der Waals surface area contributed by atoms with Gasteiger partial charge in [-0.1, -0.05) is 39.0 Å². The van der Waals surface area contributed by atoms with Crippen LogP contribution in [0.2, 0.25) is 0 Å². The van der Waals surface area contributed by atoms with Gasteiger partial charge in [0.25, 0.3) is 0 Å². The second kappa shape index (κ2) is 6.32. The van der Waals surface area contributed by atoms with Crippen LogP contribution in [0.4, 0.5) is 4.39 Å². The molecule has 23 heavy (non-hydrogen) atoms. The van der Waals surface area contributed by atoms with E-state index in [1.54, 1.807) is 7.11 Å². The number of ether oxygens (including phenoxy) is 1. The van der Waals surface area contributed by atoms with E-state index in [1.807, 2.05) is 31.3 Å². The maximum atomic E-state index is 14.3. The molecule has 0 amide bonds. The predicted molar refractivity (Wildman–Crippen MR) is 97.2 cm³/mol. The smallest absolute Gasteiger partial charge is 0.130 e.